The van der Waals surface area contributed by atoms with Crippen LogP contribution in [0.4, 0.5) is 4.39 Å². The van der Waals surface area contributed by atoms with Gasteiger partial charge in [0.15, 0.2) is 0 Å². The Bertz CT molecular complexity index is 885. The summed E-state index contributed by atoms with van der Waals surface area (Å²) in [6.45, 7) is 4.56. The molecular formula is C21H27FN6O2. The zero-order valence-corrected chi connectivity index (χ0v) is 17.2. The molecule has 30 heavy (non-hydrogen) atoms. The third-order valence-electron chi connectivity index (χ3n) is 6.15. The standard InChI is InChI=1S/C21H27FN6O2/c1-15-23-24-25-28(15)19(14-16-4-6-18(22)7-5-16)21(30)27-12-8-17(9-13-27)20(29)26-10-2-3-11-26/h4-7,17,19H,2-3,8-14H2,1H3. The number of hydrogen-bond acceptors (Lipinski definition) is 5. The molecule has 0 radical (unpaired) electrons. The number of carbonyl (C=O) groups excluding carboxylic acids is 2. The maximum Gasteiger partial charge on any atom is 0.247 e. The second-order valence-corrected chi connectivity index (χ2v) is 8.15. The number of likely N-dealkylation sites (tertiary alicyclic amines) is 2. The third-order valence-corrected chi connectivity index (χ3v) is 6.15. The zero-order chi connectivity index (χ0) is 21.1. The Balaban J connectivity index is 1.45. The van der Waals surface area contributed by atoms with E-state index in [0.29, 0.717) is 38.2 Å². The number of benzene rings is 1. The fourth-order valence-corrected chi connectivity index (χ4v) is 4.40. The highest BCUT2D eigenvalue weighted by Gasteiger charge is 2.34. The van der Waals surface area contributed by atoms with Gasteiger partial charge in [0.1, 0.15) is 17.7 Å². The van der Waals surface area contributed by atoms with E-state index in [1.54, 1.807) is 19.1 Å². The minimum Gasteiger partial charge on any atom is -0.342 e. The van der Waals surface area contributed by atoms with Crippen LogP contribution in [0.3, 0.4) is 0 Å². The Morgan fingerprint density at radius 1 is 1.07 bits per heavy atom. The molecule has 3 heterocycles. The van der Waals surface area contributed by atoms with E-state index in [4.69, 9.17) is 0 Å². The molecule has 1 unspecified atom stereocenters. The lowest BCUT2D eigenvalue weighted by atomic mass is 9.94. The van der Waals surface area contributed by atoms with Crippen LogP contribution in [0.1, 0.15) is 43.1 Å². The van der Waals surface area contributed by atoms with E-state index in [1.807, 2.05) is 9.80 Å². The van der Waals surface area contributed by atoms with Crippen LogP contribution in [0.5, 0.6) is 0 Å². The number of amides is 2. The fraction of sp³-hybridized carbons (Fsp3) is 0.571. The van der Waals surface area contributed by atoms with Gasteiger partial charge in [-0.25, -0.2) is 9.07 Å². The number of hydrogen-bond donors (Lipinski definition) is 0. The van der Waals surface area contributed by atoms with Gasteiger partial charge < -0.3 is 9.80 Å². The normalized spacial score (nSPS) is 18.6. The highest BCUT2D eigenvalue weighted by atomic mass is 19.1. The molecule has 2 aromatic rings. The van der Waals surface area contributed by atoms with Crippen molar-refractivity contribution in [1.29, 1.82) is 0 Å². The first kappa shape index (κ1) is 20.4. The molecule has 2 saturated heterocycles. The molecule has 2 aliphatic rings. The van der Waals surface area contributed by atoms with Crippen molar-refractivity contribution in [3.63, 3.8) is 0 Å². The van der Waals surface area contributed by atoms with Gasteiger partial charge in [-0.3, -0.25) is 9.59 Å². The Morgan fingerprint density at radius 2 is 1.73 bits per heavy atom. The average Bonchev–Trinajstić information content (AvgIpc) is 3.45. The first-order chi connectivity index (χ1) is 14.5. The molecule has 0 spiro atoms. The van der Waals surface area contributed by atoms with Gasteiger partial charge in [-0.2, -0.15) is 0 Å². The summed E-state index contributed by atoms with van der Waals surface area (Å²) in [6.07, 6.45) is 3.90. The minimum absolute atomic E-state index is 0.00234. The van der Waals surface area contributed by atoms with Crippen LogP contribution in [0, 0.1) is 18.7 Å². The van der Waals surface area contributed by atoms with Crippen molar-refractivity contribution < 1.29 is 14.0 Å². The average molecular weight is 414 g/mol. The Morgan fingerprint density at radius 3 is 2.33 bits per heavy atom. The summed E-state index contributed by atoms with van der Waals surface area (Å²) in [5, 5.41) is 11.6. The second-order valence-electron chi connectivity index (χ2n) is 8.15. The number of halogens is 1. The van der Waals surface area contributed by atoms with Crippen molar-refractivity contribution >= 4 is 11.8 Å². The maximum atomic E-state index is 13.4. The number of aromatic nitrogens is 4. The smallest absolute Gasteiger partial charge is 0.247 e. The lowest BCUT2D eigenvalue weighted by molar-refractivity contribution is -0.141. The van der Waals surface area contributed by atoms with Gasteiger partial charge in [-0.1, -0.05) is 12.1 Å². The van der Waals surface area contributed by atoms with Crippen LogP contribution in [0.15, 0.2) is 24.3 Å². The lowest BCUT2D eigenvalue weighted by Crippen LogP contribution is -2.46. The summed E-state index contributed by atoms with van der Waals surface area (Å²) in [6, 6.07) is 5.53. The Kier molecular flexibility index (Phi) is 6.06. The highest BCUT2D eigenvalue weighted by Crippen LogP contribution is 2.25. The van der Waals surface area contributed by atoms with Crippen molar-refractivity contribution in [1.82, 2.24) is 30.0 Å². The number of piperidine rings is 1. The topological polar surface area (TPSA) is 84.2 Å². The molecule has 4 rings (SSSR count). The molecule has 0 saturated carbocycles. The molecule has 2 amide bonds. The summed E-state index contributed by atoms with van der Waals surface area (Å²) in [4.78, 5) is 29.8. The van der Waals surface area contributed by atoms with Gasteiger partial charge in [-0.15, -0.1) is 5.10 Å². The summed E-state index contributed by atoms with van der Waals surface area (Å²) in [5.41, 5.74) is 0.837. The van der Waals surface area contributed by atoms with E-state index < -0.39 is 6.04 Å². The molecule has 1 aromatic carbocycles. The van der Waals surface area contributed by atoms with Crippen LogP contribution in [0.2, 0.25) is 0 Å². The highest BCUT2D eigenvalue weighted by molar-refractivity contribution is 5.82. The van der Waals surface area contributed by atoms with Crippen LogP contribution in [-0.2, 0) is 16.0 Å². The van der Waals surface area contributed by atoms with E-state index in [-0.39, 0.29) is 23.5 Å². The summed E-state index contributed by atoms with van der Waals surface area (Å²) >= 11 is 0. The maximum absolute atomic E-state index is 13.4. The first-order valence-corrected chi connectivity index (χ1v) is 10.6. The summed E-state index contributed by atoms with van der Waals surface area (Å²) < 4.78 is 14.8. The van der Waals surface area contributed by atoms with E-state index >= 15 is 0 Å². The minimum atomic E-state index is -0.601. The van der Waals surface area contributed by atoms with Crippen LogP contribution in [0.25, 0.3) is 0 Å². The van der Waals surface area contributed by atoms with E-state index in [9.17, 15) is 14.0 Å². The zero-order valence-electron chi connectivity index (χ0n) is 17.2. The molecule has 1 atom stereocenters. The molecule has 2 fully saturated rings. The van der Waals surface area contributed by atoms with Crippen LogP contribution < -0.4 is 0 Å². The van der Waals surface area contributed by atoms with Crippen LogP contribution >= 0.6 is 0 Å². The molecule has 160 valence electrons. The van der Waals surface area contributed by atoms with E-state index in [2.05, 4.69) is 15.5 Å². The molecule has 0 N–H and O–H groups in total. The lowest BCUT2D eigenvalue weighted by Gasteiger charge is -2.35. The first-order valence-electron chi connectivity index (χ1n) is 10.6. The van der Waals surface area contributed by atoms with Crippen molar-refractivity contribution in [3.8, 4) is 0 Å². The molecule has 0 bridgehead atoms. The predicted molar refractivity (Wildman–Crippen MR) is 107 cm³/mol. The van der Waals surface area contributed by atoms with E-state index in [1.165, 1.54) is 16.8 Å². The molecule has 2 aliphatic heterocycles. The molecule has 9 heteroatoms. The number of tetrazole rings is 1. The van der Waals surface area contributed by atoms with Crippen LogP contribution in [-0.4, -0.2) is 68.0 Å². The third kappa shape index (κ3) is 4.34. The van der Waals surface area contributed by atoms with Gasteiger partial charge in [0.2, 0.25) is 11.8 Å². The quantitative estimate of drug-likeness (QED) is 0.745. The Hall–Kier alpha value is -2.84. The predicted octanol–water partition coefficient (Wildman–Crippen LogP) is 1.77. The van der Waals surface area contributed by atoms with Crippen molar-refractivity contribution in [3.05, 3.63) is 41.5 Å². The number of aryl methyl sites for hydroxylation is 1. The molecular weight excluding hydrogens is 387 g/mol. The van der Waals surface area contributed by atoms with Gasteiger partial charge in [0.25, 0.3) is 0 Å². The monoisotopic (exact) mass is 414 g/mol. The summed E-state index contributed by atoms with van der Waals surface area (Å²) in [7, 11) is 0. The molecule has 0 aliphatic carbocycles. The number of rotatable bonds is 5. The van der Waals surface area contributed by atoms with E-state index in [0.717, 1.165) is 31.5 Å². The second kappa shape index (κ2) is 8.89. The van der Waals surface area contributed by atoms with Gasteiger partial charge >= 0.3 is 0 Å². The Labute approximate surface area is 175 Å². The van der Waals surface area contributed by atoms with Crippen molar-refractivity contribution in [2.24, 2.45) is 5.92 Å². The van der Waals surface area contributed by atoms with Gasteiger partial charge in [0.05, 0.1) is 0 Å². The largest absolute Gasteiger partial charge is 0.342 e. The SMILES string of the molecule is Cc1nnnn1C(Cc1ccc(F)cc1)C(=O)N1CCC(C(=O)N2CCCC2)CC1. The van der Waals surface area contributed by atoms with Crippen molar-refractivity contribution in [2.45, 2.75) is 45.1 Å². The van der Waals surface area contributed by atoms with Crippen molar-refractivity contribution in [2.75, 3.05) is 26.2 Å². The van der Waals surface area contributed by atoms with Gasteiger partial charge in [-0.05, 0) is 60.7 Å². The summed E-state index contributed by atoms with van der Waals surface area (Å²) in [5.74, 6) is 0.401. The van der Waals surface area contributed by atoms with Gasteiger partial charge in [0, 0.05) is 38.5 Å². The molecule has 1 aromatic heterocycles. The number of nitrogens with zero attached hydrogens (tertiary/aromatic N) is 6. The molecule has 8 nitrogen and oxygen atoms in total. The number of carbonyl (C=O) groups is 2. The fourth-order valence-electron chi connectivity index (χ4n) is 4.40.